The van der Waals surface area contributed by atoms with Crippen LogP contribution >= 0.6 is 0 Å². The van der Waals surface area contributed by atoms with E-state index in [9.17, 15) is 21.6 Å². The summed E-state index contributed by atoms with van der Waals surface area (Å²) in [7, 11) is -3.93. The molecule has 0 heterocycles. The first-order valence-corrected chi connectivity index (χ1v) is 4.96. The molecular weight excluding hydrogens is 258 g/mol. The van der Waals surface area contributed by atoms with E-state index in [0.29, 0.717) is 12.1 Å². The molecule has 0 radical (unpaired) electrons. The number of nitrogens with two attached hydrogens (primary N) is 1. The van der Waals surface area contributed by atoms with Crippen molar-refractivity contribution in [1.29, 1.82) is 0 Å². The normalized spacial score (nSPS) is 12.0. The van der Waals surface area contributed by atoms with Crippen molar-refractivity contribution in [2.75, 3.05) is 0 Å². The summed E-state index contributed by atoms with van der Waals surface area (Å²) < 4.78 is 57.5. The second kappa shape index (κ2) is 5.26. The molecule has 78 valence electrons. The van der Waals surface area contributed by atoms with Crippen LogP contribution < -0.4 is 56.5 Å². The summed E-state index contributed by atoms with van der Waals surface area (Å²) in [4.78, 5) is -0.342. The Morgan fingerprint density at radius 3 is 1.73 bits per heavy atom. The molecule has 3 nitrogen and oxygen atoms in total. The van der Waals surface area contributed by atoms with Gasteiger partial charge in [0, 0.05) is 0 Å². The summed E-state index contributed by atoms with van der Waals surface area (Å²) in [6.07, 6.45) is -4.48. The second-order valence-electron chi connectivity index (χ2n) is 2.57. The van der Waals surface area contributed by atoms with Gasteiger partial charge in [0.1, 0.15) is 0 Å². The van der Waals surface area contributed by atoms with E-state index in [1.807, 2.05) is 0 Å². The number of hydrogen-bond acceptors (Lipinski definition) is 2. The van der Waals surface area contributed by atoms with Gasteiger partial charge in [0.25, 0.3) is 0 Å². The molecule has 0 saturated carbocycles. The van der Waals surface area contributed by atoms with Crippen LogP contribution in [-0.2, 0) is 16.2 Å². The van der Waals surface area contributed by atoms with Gasteiger partial charge in [-0.15, -0.1) is 0 Å². The zero-order valence-corrected chi connectivity index (χ0v) is 11.7. The zero-order chi connectivity index (χ0) is 11.0. The average molecular weight is 264 g/mol. The van der Waals surface area contributed by atoms with Crippen molar-refractivity contribution in [3.8, 4) is 0 Å². The Labute approximate surface area is 127 Å². The molecule has 0 aliphatic heterocycles. The van der Waals surface area contributed by atoms with Crippen LogP contribution in [0.3, 0.4) is 0 Å². The van der Waals surface area contributed by atoms with Gasteiger partial charge < -0.3 is 0 Å². The summed E-state index contributed by atoms with van der Waals surface area (Å²) in [6.45, 7) is 0. The maximum absolute atomic E-state index is 12.0. The van der Waals surface area contributed by atoms with E-state index in [1.165, 1.54) is 0 Å². The van der Waals surface area contributed by atoms with Crippen LogP contribution in [0.25, 0.3) is 0 Å². The zero-order valence-electron chi connectivity index (χ0n) is 7.75. The van der Waals surface area contributed by atoms with E-state index in [1.54, 1.807) is 0 Å². The quantitative estimate of drug-likeness (QED) is 0.618. The third-order valence-electron chi connectivity index (χ3n) is 1.51. The fraction of sp³-hybridized carbons (Fsp3) is 0.143. The molecule has 0 bridgehead atoms. The molecule has 1 aromatic rings. The molecule has 0 spiro atoms. The van der Waals surface area contributed by atoms with E-state index in [0.717, 1.165) is 12.1 Å². The van der Waals surface area contributed by atoms with Crippen LogP contribution in [0, 0.1) is 0 Å². The van der Waals surface area contributed by atoms with Gasteiger partial charge in [-0.25, -0.2) is 13.6 Å². The Hall–Kier alpha value is 0.556. The number of alkyl halides is 3. The minimum atomic E-state index is -4.48. The van der Waals surface area contributed by atoms with Crippen molar-refractivity contribution >= 4 is 10.0 Å². The molecule has 0 aromatic heterocycles. The van der Waals surface area contributed by atoms with Crippen molar-refractivity contribution in [2.24, 2.45) is 5.14 Å². The molecule has 0 saturated heterocycles. The maximum atomic E-state index is 12.0. The van der Waals surface area contributed by atoms with Gasteiger partial charge in [-0.2, -0.15) is 13.2 Å². The predicted molar refractivity (Wildman–Crippen MR) is 42.8 cm³/mol. The Balaban J connectivity index is 0.00000196. The first-order chi connectivity index (χ1) is 6.21. The number of primary sulfonamides is 1. The van der Waals surface area contributed by atoms with Crippen LogP contribution in [0.2, 0.25) is 0 Å². The van der Waals surface area contributed by atoms with Crippen LogP contribution in [0.5, 0.6) is 0 Å². The number of sulfonamides is 1. The van der Waals surface area contributed by atoms with Crippen LogP contribution in [0.4, 0.5) is 13.2 Å². The molecule has 1 rings (SSSR count). The van der Waals surface area contributed by atoms with E-state index in [2.05, 4.69) is 0 Å². The molecule has 0 atom stereocenters. The topological polar surface area (TPSA) is 60.2 Å². The molecule has 0 fully saturated rings. The third kappa shape index (κ3) is 4.51. The third-order valence-corrected chi connectivity index (χ3v) is 2.44. The largest absolute Gasteiger partial charge is 1.00 e. The summed E-state index contributed by atoms with van der Waals surface area (Å²) in [6, 6.07) is 2.97. The van der Waals surface area contributed by atoms with Crippen LogP contribution in [0.15, 0.2) is 29.2 Å². The van der Waals surface area contributed by atoms with Gasteiger partial charge in [-0.1, -0.05) is 0 Å². The number of rotatable bonds is 1. The number of hydrogen-bond donors (Lipinski definition) is 1. The van der Waals surface area contributed by atoms with Crippen LogP contribution in [0.1, 0.15) is 5.56 Å². The van der Waals surface area contributed by atoms with E-state index in [-0.39, 0.29) is 56.3 Å². The van der Waals surface area contributed by atoms with Crippen molar-refractivity contribution in [2.45, 2.75) is 11.1 Å². The summed E-state index contributed by atoms with van der Waals surface area (Å²) in [5.41, 5.74) is -0.912. The minimum absolute atomic E-state index is 0. The average Bonchev–Trinajstić information content (AvgIpc) is 2.01. The standard InChI is InChI=1S/C7H6F3NO2S.K/c8-7(9,10)5-1-3-6(4-2-5)14(11,12)13;/h1-4H,(H2,11,12,13);/q;+1. The minimum Gasteiger partial charge on any atom is -0.225 e. The predicted octanol–water partition coefficient (Wildman–Crippen LogP) is -1.64. The van der Waals surface area contributed by atoms with Gasteiger partial charge in [0.05, 0.1) is 10.5 Å². The first kappa shape index (κ1) is 15.6. The monoisotopic (exact) mass is 264 g/mol. The fourth-order valence-electron chi connectivity index (χ4n) is 0.834. The molecule has 2 N–H and O–H groups in total. The molecule has 0 aliphatic rings. The Morgan fingerprint density at radius 1 is 1.07 bits per heavy atom. The molecule has 8 heteroatoms. The molecule has 0 amide bonds. The molecule has 0 aliphatic carbocycles. The summed E-state index contributed by atoms with van der Waals surface area (Å²) >= 11 is 0. The Morgan fingerprint density at radius 2 is 1.47 bits per heavy atom. The van der Waals surface area contributed by atoms with Crippen molar-refractivity contribution in [3.63, 3.8) is 0 Å². The first-order valence-electron chi connectivity index (χ1n) is 3.41. The van der Waals surface area contributed by atoms with E-state index in [4.69, 9.17) is 5.14 Å². The summed E-state index contributed by atoms with van der Waals surface area (Å²) in [5, 5.41) is 4.71. The fourth-order valence-corrected chi connectivity index (χ4v) is 1.35. The maximum Gasteiger partial charge on any atom is 1.00 e. The van der Waals surface area contributed by atoms with Gasteiger partial charge in [0.15, 0.2) is 0 Å². The molecule has 0 unspecified atom stereocenters. The molecular formula is C7H6F3KNO2S+. The Kier molecular flexibility index (Phi) is 5.45. The second-order valence-corrected chi connectivity index (χ2v) is 4.13. The van der Waals surface area contributed by atoms with E-state index < -0.39 is 21.8 Å². The van der Waals surface area contributed by atoms with Gasteiger partial charge in [-0.05, 0) is 24.3 Å². The SMILES string of the molecule is NS(=O)(=O)c1ccc(C(F)(F)F)cc1.[K+]. The van der Waals surface area contributed by atoms with E-state index >= 15 is 0 Å². The van der Waals surface area contributed by atoms with Crippen molar-refractivity contribution < 1.29 is 73.0 Å². The van der Waals surface area contributed by atoms with Gasteiger partial charge >= 0.3 is 57.6 Å². The number of benzene rings is 1. The van der Waals surface area contributed by atoms with Gasteiger partial charge in [0.2, 0.25) is 10.0 Å². The van der Waals surface area contributed by atoms with Crippen molar-refractivity contribution in [3.05, 3.63) is 29.8 Å². The van der Waals surface area contributed by atoms with Gasteiger partial charge in [-0.3, -0.25) is 0 Å². The smallest absolute Gasteiger partial charge is 0.225 e. The van der Waals surface area contributed by atoms with Crippen molar-refractivity contribution in [1.82, 2.24) is 0 Å². The Bertz CT molecular complexity index is 427. The summed E-state index contributed by atoms with van der Waals surface area (Å²) in [5.74, 6) is 0. The number of halogens is 3. The molecule has 15 heavy (non-hydrogen) atoms. The van der Waals surface area contributed by atoms with Crippen LogP contribution in [-0.4, -0.2) is 8.42 Å². The molecule has 1 aromatic carbocycles.